The molecule has 0 radical (unpaired) electrons. The lowest BCUT2D eigenvalue weighted by molar-refractivity contribution is 0.272. The van der Waals surface area contributed by atoms with Gasteiger partial charge < -0.3 is 10.6 Å². The maximum absolute atomic E-state index is 5.56. The van der Waals surface area contributed by atoms with Crippen LogP contribution in [0.1, 0.15) is 18.9 Å². The summed E-state index contributed by atoms with van der Waals surface area (Å²) in [6.45, 7) is 5.11. The van der Waals surface area contributed by atoms with E-state index in [9.17, 15) is 0 Å². The van der Waals surface area contributed by atoms with E-state index in [1.54, 1.807) is 0 Å². The Labute approximate surface area is 107 Å². The summed E-state index contributed by atoms with van der Waals surface area (Å²) in [5.74, 6) is 0.664. The summed E-state index contributed by atoms with van der Waals surface area (Å²) in [7, 11) is 2.16. The predicted octanol–water partition coefficient (Wildman–Crippen LogP) is 2.87. The number of rotatable bonds is 6. The molecular weight excluding hydrogens is 264 g/mol. The number of nitrogens with zero attached hydrogens (tertiary/aromatic N) is 1. The maximum atomic E-state index is 5.56. The van der Waals surface area contributed by atoms with Crippen molar-refractivity contribution < 1.29 is 0 Å². The number of hydrogen-bond donors (Lipinski definition) is 1. The van der Waals surface area contributed by atoms with Crippen LogP contribution in [0.25, 0.3) is 0 Å². The zero-order valence-corrected chi connectivity index (χ0v) is 11.7. The molecule has 0 saturated carbocycles. The molecule has 0 heterocycles. The molecule has 0 aliphatic heterocycles. The molecule has 2 N–H and O–H groups in total. The molecule has 0 aromatic heterocycles. The minimum Gasteiger partial charge on any atom is -0.330 e. The number of nitrogens with two attached hydrogens (primary N) is 1. The van der Waals surface area contributed by atoms with Gasteiger partial charge in [-0.05, 0) is 37.6 Å². The summed E-state index contributed by atoms with van der Waals surface area (Å²) in [6, 6.07) is 8.38. The molecule has 1 atom stereocenters. The molecule has 0 bridgehead atoms. The van der Waals surface area contributed by atoms with E-state index in [4.69, 9.17) is 5.73 Å². The summed E-state index contributed by atoms with van der Waals surface area (Å²) >= 11 is 3.58. The van der Waals surface area contributed by atoms with Gasteiger partial charge in [0.05, 0.1) is 0 Å². The van der Waals surface area contributed by atoms with Crippen molar-refractivity contribution in [2.45, 2.75) is 19.9 Å². The van der Waals surface area contributed by atoms with E-state index in [0.29, 0.717) is 5.92 Å². The summed E-state index contributed by atoms with van der Waals surface area (Å²) in [4.78, 5) is 2.35. The summed E-state index contributed by atoms with van der Waals surface area (Å²) < 4.78 is 1.19. The third-order valence-corrected chi connectivity index (χ3v) is 3.45. The molecule has 0 saturated heterocycles. The van der Waals surface area contributed by atoms with Crippen LogP contribution in [0.3, 0.4) is 0 Å². The van der Waals surface area contributed by atoms with Gasteiger partial charge in [-0.25, -0.2) is 0 Å². The summed E-state index contributed by atoms with van der Waals surface area (Å²) in [6.07, 6.45) is 1.10. The number of benzene rings is 1. The SMILES string of the molecule is CC(CCN)CN(C)Cc1ccccc1Br. The first kappa shape index (κ1) is 13.7. The molecule has 1 aromatic carbocycles. The molecule has 0 spiro atoms. The fraction of sp³-hybridized carbons (Fsp3) is 0.538. The Balaban J connectivity index is 2.45. The van der Waals surface area contributed by atoms with Crippen LogP contribution in [0, 0.1) is 5.92 Å². The average molecular weight is 285 g/mol. The molecule has 0 aliphatic carbocycles. The smallest absolute Gasteiger partial charge is 0.0242 e. The van der Waals surface area contributed by atoms with Crippen LogP contribution < -0.4 is 5.73 Å². The second-order valence-electron chi connectivity index (χ2n) is 4.47. The van der Waals surface area contributed by atoms with Gasteiger partial charge in [-0.15, -0.1) is 0 Å². The minimum absolute atomic E-state index is 0.664. The zero-order chi connectivity index (χ0) is 12.0. The van der Waals surface area contributed by atoms with E-state index in [-0.39, 0.29) is 0 Å². The first-order chi connectivity index (χ1) is 7.63. The normalized spacial score (nSPS) is 13.1. The largest absolute Gasteiger partial charge is 0.330 e. The van der Waals surface area contributed by atoms with E-state index in [2.05, 4.69) is 53.0 Å². The Bertz CT molecular complexity index is 315. The van der Waals surface area contributed by atoms with Crippen molar-refractivity contribution in [3.05, 3.63) is 34.3 Å². The molecule has 16 heavy (non-hydrogen) atoms. The lowest BCUT2D eigenvalue weighted by Crippen LogP contribution is -2.25. The van der Waals surface area contributed by atoms with Crippen LogP contribution in [0.15, 0.2) is 28.7 Å². The van der Waals surface area contributed by atoms with E-state index in [0.717, 1.165) is 26.1 Å². The van der Waals surface area contributed by atoms with Crippen LogP contribution >= 0.6 is 15.9 Å². The fourth-order valence-electron chi connectivity index (χ4n) is 1.89. The van der Waals surface area contributed by atoms with Gasteiger partial charge in [-0.3, -0.25) is 0 Å². The van der Waals surface area contributed by atoms with E-state index in [1.165, 1.54) is 10.0 Å². The second kappa shape index (κ2) is 7.05. The Kier molecular flexibility index (Phi) is 6.03. The van der Waals surface area contributed by atoms with Gasteiger partial charge >= 0.3 is 0 Å². The van der Waals surface area contributed by atoms with Crippen molar-refractivity contribution in [1.82, 2.24) is 4.90 Å². The highest BCUT2D eigenvalue weighted by Crippen LogP contribution is 2.17. The van der Waals surface area contributed by atoms with Crippen molar-refractivity contribution in [2.24, 2.45) is 11.7 Å². The van der Waals surface area contributed by atoms with E-state index in [1.807, 2.05) is 6.07 Å². The van der Waals surface area contributed by atoms with Crippen LogP contribution in [0.4, 0.5) is 0 Å². The number of hydrogen-bond acceptors (Lipinski definition) is 2. The molecule has 1 unspecified atom stereocenters. The van der Waals surface area contributed by atoms with Crippen molar-refractivity contribution in [2.75, 3.05) is 20.1 Å². The highest BCUT2D eigenvalue weighted by molar-refractivity contribution is 9.10. The molecule has 0 aliphatic rings. The Morgan fingerprint density at radius 3 is 2.69 bits per heavy atom. The van der Waals surface area contributed by atoms with Crippen molar-refractivity contribution in [3.8, 4) is 0 Å². The molecule has 0 fully saturated rings. The van der Waals surface area contributed by atoms with Crippen LogP contribution in [-0.2, 0) is 6.54 Å². The minimum atomic E-state index is 0.664. The first-order valence-corrected chi connectivity index (χ1v) is 6.54. The second-order valence-corrected chi connectivity index (χ2v) is 5.33. The average Bonchev–Trinajstić information content (AvgIpc) is 2.21. The van der Waals surface area contributed by atoms with Gasteiger partial charge in [-0.2, -0.15) is 0 Å². The number of halogens is 1. The maximum Gasteiger partial charge on any atom is 0.0242 e. The molecule has 90 valence electrons. The summed E-state index contributed by atoms with van der Waals surface area (Å²) in [5, 5.41) is 0. The Morgan fingerprint density at radius 1 is 1.38 bits per heavy atom. The third kappa shape index (κ3) is 4.64. The van der Waals surface area contributed by atoms with Gasteiger partial charge in [0, 0.05) is 17.6 Å². The van der Waals surface area contributed by atoms with Gasteiger partial charge in [0.2, 0.25) is 0 Å². The van der Waals surface area contributed by atoms with Gasteiger partial charge in [0.25, 0.3) is 0 Å². The molecule has 2 nitrogen and oxygen atoms in total. The third-order valence-electron chi connectivity index (χ3n) is 2.68. The van der Waals surface area contributed by atoms with Crippen LogP contribution in [0.5, 0.6) is 0 Å². The van der Waals surface area contributed by atoms with Crippen molar-refractivity contribution in [3.63, 3.8) is 0 Å². The van der Waals surface area contributed by atoms with Gasteiger partial charge in [0.15, 0.2) is 0 Å². The van der Waals surface area contributed by atoms with Crippen LogP contribution in [0.2, 0.25) is 0 Å². The predicted molar refractivity (Wildman–Crippen MR) is 73.3 cm³/mol. The van der Waals surface area contributed by atoms with Crippen LogP contribution in [-0.4, -0.2) is 25.0 Å². The molecule has 1 aromatic rings. The molecule has 3 heteroatoms. The molecule has 0 amide bonds. The highest BCUT2D eigenvalue weighted by atomic mass is 79.9. The summed E-state index contributed by atoms with van der Waals surface area (Å²) in [5.41, 5.74) is 6.89. The lowest BCUT2D eigenvalue weighted by atomic mass is 10.1. The topological polar surface area (TPSA) is 29.3 Å². The quantitative estimate of drug-likeness (QED) is 0.871. The molecular formula is C13H21BrN2. The Hall–Kier alpha value is -0.380. The fourth-order valence-corrected chi connectivity index (χ4v) is 2.30. The standard InChI is InChI=1S/C13H21BrN2/c1-11(7-8-15)9-16(2)10-12-5-3-4-6-13(12)14/h3-6,11H,7-10,15H2,1-2H3. The monoisotopic (exact) mass is 284 g/mol. The van der Waals surface area contributed by atoms with E-state index >= 15 is 0 Å². The highest BCUT2D eigenvalue weighted by Gasteiger charge is 2.07. The molecule has 1 rings (SSSR count). The lowest BCUT2D eigenvalue weighted by Gasteiger charge is -2.21. The van der Waals surface area contributed by atoms with Crippen molar-refractivity contribution in [1.29, 1.82) is 0 Å². The Morgan fingerprint density at radius 2 is 2.06 bits per heavy atom. The van der Waals surface area contributed by atoms with Gasteiger partial charge in [-0.1, -0.05) is 41.1 Å². The first-order valence-electron chi connectivity index (χ1n) is 5.75. The van der Waals surface area contributed by atoms with E-state index < -0.39 is 0 Å². The van der Waals surface area contributed by atoms with Crippen molar-refractivity contribution >= 4 is 15.9 Å². The zero-order valence-electron chi connectivity index (χ0n) is 10.1. The van der Waals surface area contributed by atoms with Gasteiger partial charge in [0.1, 0.15) is 0 Å².